The van der Waals surface area contributed by atoms with Gasteiger partial charge in [-0.2, -0.15) is 0 Å². The molecule has 0 heterocycles. The highest BCUT2D eigenvalue weighted by molar-refractivity contribution is 5.55. The smallest absolute Gasteiger partial charge is 0.269 e. The predicted molar refractivity (Wildman–Crippen MR) is 73.4 cm³/mol. The number of non-ortho nitro benzene ring substituents is 1. The van der Waals surface area contributed by atoms with E-state index in [2.05, 4.69) is 5.32 Å². The molecule has 0 spiro atoms. The molecule has 19 heavy (non-hydrogen) atoms. The molecule has 6 nitrogen and oxygen atoms in total. The lowest BCUT2D eigenvalue weighted by molar-refractivity contribution is -0.384. The Morgan fingerprint density at radius 3 is 2.68 bits per heavy atom. The predicted octanol–water partition coefficient (Wildman–Crippen LogP) is 2.58. The Hall–Kier alpha value is -1.66. The Morgan fingerprint density at radius 2 is 2.11 bits per heavy atom. The van der Waals surface area contributed by atoms with E-state index in [0.717, 1.165) is 11.3 Å². The summed E-state index contributed by atoms with van der Waals surface area (Å²) >= 11 is 0. The molecule has 1 rings (SSSR count). The van der Waals surface area contributed by atoms with Gasteiger partial charge in [0.05, 0.1) is 30.8 Å². The summed E-state index contributed by atoms with van der Waals surface area (Å²) in [5, 5.41) is 13.7. The average Bonchev–Trinajstić information content (AvgIpc) is 2.37. The zero-order valence-corrected chi connectivity index (χ0v) is 11.5. The molecule has 0 radical (unpaired) electrons. The average molecular weight is 268 g/mol. The van der Waals surface area contributed by atoms with Crippen LogP contribution in [0.15, 0.2) is 18.2 Å². The molecule has 0 aliphatic heterocycles. The number of rotatable bonds is 8. The van der Waals surface area contributed by atoms with Crippen LogP contribution in [0.1, 0.15) is 19.4 Å². The number of nitro groups is 1. The molecule has 0 aromatic heterocycles. The van der Waals surface area contributed by atoms with Gasteiger partial charge in [-0.05, 0) is 19.9 Å². The molecule has 0 saturated carbocycles. The number of hydrogen-bond donors (Lipinski definition) is 1. The molecule has 106 valence electrons. The minimum Gasteiger partial charge on any atom is -0.388 e. The minimum absolute atomic E-state index is 0.0658. The van der Waals surface area contributed by atoms with Crippen molar-refractivity contribution in [2.45, 2.75) is 26.6 Å². The molecule has 1 N–H and O–H groups in total. The summed E-state index contributed by atoms with van der Waals surface area (Å²) in [5.41, 5.74) is 1.66. The Kier molecular flexibility index (Phi) is 6.24. The molecule has 0 fully saturated rings. The van der Waals surface area contributed by atoms with Crippen molar-refractivity contribution in [3.05, 3.63) is 33.9 Å². The van der Waals surface area contributed by atoms with Crippen LogP contribution in [0.2, 0.25) is 0 Å². The van der Waals surface area contributed by atoms with Crippen LogP contribution in [0.3, 0.4) is 0 Å². The molecular weight excluding hydrogens is 248 g/mol. The summed E-state index contributed by atoms with van der Waals surface area (Å²) in [6, 6.07) is 4.67. The highest BCUT2D eigenvalue weighted by atomic mass is 16.6. The van der Waals surface area contributed by atoms with Gasteiger partial charge < -0.3 is 14.8 Å². The van der Waals surface area contributed by atoms with Crippen molar-refractivity contribution in [2.75, 3.05) is 25.6 Å². The highest BCUT2D eigenvalue weighted by Gasteiger charge is 2.10. The molecule has 6 heteroatoms. The first-order valence-corrected chi connectivity index (χ1v) is 6.19. The maximum absolute atomic E-state index is 10.7. The number of anilines is 1. The van der Waals surface area contributed by atoms with E-state index >= 15 is 0 Å². The quantitative estimate of drug-likeness (QED) is 0.445. The van der Waals surface area contributed by atoms with E-state index in [0.29, 0.717) is 19.8 Å². The van der Waals surface area contributed by atoms with Crippen molar-refractivity contribution in [3.8, 4) is 0 Å². The maximum atomic E-state index is 10.7. The number of nitro benzene ring substituents is 1. The van der Waals surface area contributed by atoms with E-state index in [9.17, 15) is 10.1 Å². The van der Waals surface area contributed by atoms with Gasteiger partial charge in [-0.3, -0.25) is 10.1 Å². The molecule has 0 saturated heterocycles. The second-order valence-electron chi connectivity index (χ2n) is 4.32. The van der Waals surface area contributed by atoms with Crippen LogP contribution < -0.4 is 5.32 Å². The van der Waals surface area contributed by atoms with Crippen molar-refractivity contribution in [3.63, 3.8) is 0 Å². The third-order valence-electron chi connectivity index (χ3n) is 2.51. The van der Waals surface area contributed by atoms with Crippen LogP contribution >= 0.6 is 0 Å². The first-order chi connectivity index (χ1) is 9.04. The van der Waals surface area contributed by atoms with Gasteiger partial charge in [-0.25, -0.2) is 0 Å². The summed E-state index contributed by atoms with van der Waals surface area (Å²) < 4.78 is 10.8. The van der Waals surface area contributed by atoms with Gasteiger partial charge in [0.2, 0.25) is 0 Å². The van der Waals surface area contributed by atoms with E-state index in [1.165, 1.54) is 12.1 Å². The van der Waals surface area contributed by atoms with E-state index in [1.807, 2.05) is 13.8 Å². The zero-order valence-electron chi connectivity index (χ0n) is 11.5. The summed E-state index contributed by atoms with van der Waals surface area (Å²) in [7, 11) is 1.77. The van der Waals surface area contributed by atoms with Crippen LogP contribution in [0.5, 0.6) is 0 Å². The molecule has 0 amide bonds. The number of nitrogens with zero attached hydrogens (tertiary/aromatic N) is 1. The van der Waals surface area contributed by atoms with Crippen LogP contribution in [-0.2, 0) is 16.1 Å². The summed E-state index contributed by atoms with van der Waals surface area (Å²) in [6.45, 7) is 5.21. The minimum atomic E-state index is -0.412. The van der Waals surface area contributed by atoms with Crippen molar-refractivity contribution < 1.29 is 14.4 Å². The van der Waals surface area contributed by atoms with Gasteiger partial charge in [-0.1, -0.05) is 0 Å². The van der Waals surface area contributed by atoms with Gasteiger partial charge >= 0.3 is 0 Å². The first-order valence-electron chi connectivity index (χ1n) is 6.19. The van der Waals surface area contributed by atoms with Crippen LogP contribution in [0, 0.1) is 10.1 Å². The normalized spacial score (nSPS) is 10.7. The second-order valence-corrected chi connectivity index (χ2v) is 4.32. The Balaban J connectivity index is 2.55. The van der Waals surface area contributed by atoms with Gasteiger partial charge in [0.1, 0.15) is 0 Å². The summed E-state index contributed by atoms with van der Waals surface area (Å²) in [5.74, 6) is 0. The van der Waals surface area contributed by atoms with Crippen molar-refractivity contribution in [1.82, 2.24) is 0 Å². The number of hydrogen-bond acceptors (Lipinski definition) is 5. The largest absolute Gasteiger partial charge is 0.388 e. The lowest BCUT2D eigenvalue weighted by atomic mass is 10.1. The number of nitrogens with one attached hydrogen (secondary N) is 1. The van der Waals surface area contributed by atoms with E-state index in [1.54, 1.807) is 13.1 Å². The van der Waals surface area contributed by atoms with Crippen LogP contribution in [0.4, 0.5) is 11.4 Å². The molecule has 1 aromatic rings. The van der Waals surface area contributed by atoms with E-state index in [4.69, 9.17) is 9.47 Å². The standard InChI is InChI=1S/C13H20N2O4/c1-10(2)19-7-6-18-9-11-8-12(15(16)17)4-5-13(11)14-3/h4-5,8,10,14H,6-7,9H2,1-3H3. The zero-order chi connectivity index (χ0) is 14.3. The fourth-order valence-electron chi connectivity index (χ4n) is 1.58. The molecule has 0 atom stereocenters. The summed E-state index contributed by atoms with van der Waals surface area (Å²) in [4.78, 5) is 10.3. The Bertz CT molecular complexity index is 421. The van der Waals surface area contributed by atoms with Crippen molar-refractivity contribution >= 4 is 11.4 Å². The number of benzene rings is 1. The third kappa shape index (κ3) is 5.23. The number of ether oxygens (including phenoxy) is 2. The monoisotopic (exact) mass is 268 g/mol. The topological polar surface area (TPSA) is 73.6 Å². The van der Waals surface area contributed by atoms with Gasteiger partial charge in [0.15, 0.2) is 0 Å². The first kappa shape index (κ1) is 15.4. The van der Waals surface area contributed by atoms with E-state index < -0.39 is 4.92 Å². The van der Waals surface area contributed by atoms with Gasteiger partial charge in [0.25, 0.3) is 5.69 Å². The molecule has 0 unspecified atom stereocenters. The van der Waals surface area contributed by atoms with Gasteiger partial charge in [0, 0.05) is 30.4 Å². The SMILES string of the molecule is CNc1ccc([N+](=O)[O-])cc1COCCOC(C)C. The lowest BCUT2D eigenvalue weighted by Gasteiger charge is -2.11. The van der Waals surface area contributed by atoms with E-state index in [-0.39, 0.29) is 11.8 Å². The molecule has 1 aromatic carbocycles. The Labute approximate surface area is 112 Å². The van der Waals surface area contributed by atoms with Gasteiger partial charge in [-0.15, -0.1) is 0 Å². The lowest BCUT2D eigenvalue weighted by Crippen LogP contribution is -2.10. The third-order valence-corrected chi connectivity index (χ3v) is 2.51. The molecule has 0 bridgehead atoms. The van der Waals surface area contributed by atoms with Crippen molar-refractivity contribution in [2.24, 2.45) is 0 Å². The fraction of sp³-hybridized carbons (Fsp3) is 0.538. The van der Waals surface area contributed by atoms with Crippen molar-refractivity contribution in [1.29, 1.82) is 0 Å². The Morgan fingerprint density at radius 1 is 1.37 bits per heavy atom. The molecule has 0 aliphatic carbocycles. The second kappa shape index (κ2) is 7.70. The molecule has 0 aliphatic rings. The van der Waals surface area contributed by atoms with Crippen LogP contribution in [0.25, 0.3) is 0 Å². The fourth-order valence-corrected chi connectivity index (χ4v) is 1.58. The highest BCUT2D eigenvalue weighted by Crippen LogP contribution is 2.22. The van der Waals surface area contributed by atoms with Crippen LogP contribution in [-0.4, -0.2) is 31.3 Å². The summed E-state index contributed by atoms with van der Waals surface area (Å²) in [6.07, 6.45) is 0.175. The maximum Gasteiger partial charge on any atom is 0.269 e. The molecular formula is C13H20N2O4.